The fraction of sp³-hybridized carbons (Fsp3) is 0.300. The second-order valence-electron chi connectivity index (χ2n) is 3.03. The van der Waals surface area contributed by atoms with Gasteiger partial charge in [0.1, 0.15) is 5.76 Å². The Bertz CT molecular complexity index is 406. The number of aromatic nitrogens is 1. The standard InChI is InChI=1S/C10H12N2OS/c1-7-9(13-10(11-2)12-7)6-8-4-3-5-14-8/h3-5H,6H2,1-2H3,(H,11,12). The topological polar surface area (TPSA) is 38.1 Å². The molecule has 3 nitrogen and oxygen atoms in total. The van der Waals surface area contributed by atoms with Crippen molar-refractivity contribution in [2.24, 2.45) is 0 Å². The van der Waals surface area contributed by atoms with Crippen molar-refractivity contribution in [1.82, 2.24) is 4.98 Å². The van der Waals surface area contributed by atoms with Gasteiger partial charge in [0.2, 0.25) is 0 Å². The molecule has 2 rings (SSSR count). The van der Waals surface area contributed by atoms with Crippen LogP contribution in [0.25, 0.3) is 0 Å². The van der Waals surface area contributed by atoms with Gasteiger partial charge in [0.15, 0.2) is 0 Å². The van der Waals surface area contributed by atoms with Gasteiger partial charge in [-0.3, -0.25) is 0 Å². The molecular weight excluding hydrogens is 196 g/mol. The van der Waals surface area contributed by atoms with Crippen molar-refractivity contribution in [1.29, 1.82) is 0 Å². The molecule has 0 amide bonds. The maximum atomic E-state index is 5.52. The lowest BCUT2D eigenvalue weighted by Gasteiger charge is -1.93. The van der Waals surface area contributed by atoms with Crippen molar-refractivity contribution in [3.63, 3.8) is 0 Å². The molecule has 14 heavy (non-hydrogen) atoms. The van der Waals surface area contributed by atoms with Crippen LogP contribution < -0.4 is 5.32 Å². The smallest absolute Gasteiger partial charge is 0.294 e. The number of aryl methyl sites for hydroxylation is 1. The van der Waals surface area contributed by atoms with Crippen LogP contribution in [0.15, 0.2) is 21.9 Å². The summed E-state index contributed by atoms with van der Waals surface area (Å²) in [6.45, 7) is 1.97. The van der Waals surface area contributed by atoms with Gasteiger partial charge < -0.3 is 9.73 Å². The summed E-state index contributed by atoms with van der Waals surface area (Å²) in [5.74, 6) is 0.941. The number of oxazole rings is 1. The molecule has 0 aromatic carbocycles. The van der Waals surface area contributed by atoms with Crippen molar-refractivity contribution in [2.75, 3.05) is 12.4 Å². The van der Waals surface area contributed by atoms with E-state index in [1.807, 2.05) is 13.0 Å². The molecule has 0 fully saturated rings. The van der Waals surface area contributed by atoms with E-state index >= 15 is 0 Å². The summed E-state index contributed by atoms with van der Waals surface area (Å²) in [6.07, 6.45) is 0.832. The zero-order valence-electron chi connectivity index (χ0n) is 8.20. The third kappa shape index (κ3) is 1.80. The van der Waals surface area contributed by atoms with Crippen molar-refractivity contribution in [3.8, 4) is 0 Å². The van der Waals surface area contributed by atoms with E-state index < -0.39 is 0 Å². The third-order valence-corrected chi connectivity index (χ3v) is 2.90. The summed E-state index contributed by atoms with van der Waals surface area (Å²) in [5.41, 5.74) is 0.961. The van der Waals surface area contributed by atoms with Gasteiger partial charge in [-0.05, 0) is 18.4 Å². The Kier molecular flexibility index (Phi) is 2.54. The van der Waals surface area contributed by atoms with E-state index in [2.05, 4.69) is 21.7 Å². The Morgan fingerprint density at radius 2 is 2.43 bits per heavy atom. The van der Waals surface area contributed by atoms with Crippen LogP contribution in [0.4, 0.5) is 6.01 Å². The Labute approximate surface area is 86.8 Å². The van der Waals surface area contributed by atoms with Gasteiger partial charge in [0.25, 0.3) is 6.01 Å². The monoisotopic (exact) mass is 208 g/mol. The number of nitrogens with one attached hydrogen (secondary N) is 1. The predicted molar refractivity (Wildman–Crippen MR) is 57.9 cm³/mol. The lowest BCUT2D eigenvalue weighted by Crippen LogP contribution is -1.85. The number of nitrogens with zero attached hydrogens (tertiary/aromatic N) is 1. The minimum absolute atomic E-state index is 0.592. The highest BCUT2D eigenvalue weighted by atomic mass is 32.1. The van der Waals surface area contributed by atoms with Crippen LogP contribution in [-0.4, -0.2) is 12.0 Å². The molecular formula is C10H12N2OS. The van der Waals surface area contributed by atoms with Gasteiger partial charge >= 0.3 is 0 Å². The van der Waals surface area contributed by atoms with Crippen LogP contribution in [0, 0.1) is 6.92 Å². The third-order valence-electron chi connectivity index (χ3n) is 2.02. The number of hydrogen-bond acceptors (Lipinski definition) is 4. The zero-order valence-corrected chi connectivity index (χ0v) is 9.02. The summed E-state index contributed by atoms with van der Waals surface area (Å²) in [5, 5.41) is 4.96. The molecule has 2 aromatic rings. The van der Waals surface area contributed by atoms with Crippen molar-refractivity contribution in [3.05, 3.63) is 33.8 Å². The van der Waals surface area contributed by atoms with Crippen LogP contribution in [0.5, 0.6) is 0 Å². The Morgan fingerprint density at radius 1 is 1.57 bits per heavy atom. The van der Waals surface area contributed by atoms with E-state index in [9.17, 15) is 0 Å². The first-order valence-corrected chi connectivity index (χ1v) is 5.34. The number of hydrogen-bond donors (Lipinski definition) is 1. The molecule has 0 atom stereocenters. The van der Waals surface area contributed by atoms with E-state index in [-0.39, 0.29) is 0 Å². The fourth-order valence-electron chi connectivity index (χ4n) is 1.27. The summed E-state index contributed by atoms with van der Waals surface area (Å²) >= 11 is 1.74. The molecule has 0 aliphatic heterocycles. The van der Waals surface area contributed by atoms with Gasteiger partial charge in [-0.25, -0.2) is 0 Å². The summed E-state index contributed by atoms with van der Waals surface area (Å²) in [7, 11) is 1.81. The van der Waals surface area contributed by atoms with Crippen molar-refractivity contribution >= 4 is 17.4 Å². The molecule has 0 aliphatic carbocycles. The van der Waals surface area contributed by atoms with Crippen LogP contribution in [-0.2, 0) is 6.42 Å². The quantitative estimate of drug-likeness (QED) is 0.842. The van der Waals surface area contributed by atoms with Gasteiger partial charge in [-0.2, -0.15) is 4.98 Å². The predicted octanol–water partition coefficient (Wildman–Crippen LogP) is 2.68. The minimum atomic E-state index is 0.592. The second kappa shape index (κ2) is 3.84. The van der Waals surface area contributed by atoms with Gasteiger partial charge in [-0.15, -0.1) is 11.3 Å². The van der Waals surface area contributed by atoms with E-state index in [0.717, 1.165) is 17.9 Å². The molecule has 0 aliphatic rings. The highest BCUT2D eigenvalue weighted by Gasteiger charge is 2.09. The van der Waals surface area contributed by atoms with Crippen molar-refractivity contribution < 1.29 is 4.42 Å². The molecule has 0 spiro atoms. The lowest BCUT2D eigenvalue weighted by atomic mass is 10.2. The molecule has 74 valence electrons. The normalized spacial score (nSPS) is 10.4. The average molecular weight is 208 g/mol. The molecule has 1 N–H and O–H groups in total. The van der Waals surface area contributed by atoms with E-state index in [1.165, 1.54) is 4.88 Å². The molecule has 0 radical (unpaired) electrons. The zero-order chi connectivity index (χ0) is 9.97. The van der Waals surface area contributed by atoms with Gasteiger partial charge in [0.05, 0.1) is 5.69 Å². The molecule has 2 heterocycles. The minimum Gasteiger partial charge on any atom is -0.428 e. The summed E-state index contributed by atoms with van der Waals surface area (Å²) < 4.78 is 5.52. The Hall–Kier alpha value is -1.29. The molecule has 2 aromatic heterocycles. The average Bonchev–Trinajstić information content (AvgIpc) is 2.78. The largest absolute Gasteiger partial charge is 0.428 e. The maximum absolute atomic E-state index is 5.52. The highest BCUT2D eigenvalue weighted by molar-refractivity contribution is 7.09. The van der Waals surface area contributed by atoms with Crippen LogP contribution in [0.1, 0.15) is 16.3 Å². The lowest BCUT2D eigenvalue weighted by molar-refractivity contribution is 0.529. The first-order chi connectivity index (χ1) is 6.79. The van der Waals surface area contributed by atoms with Crippen LogP contribution in [0.3, 0.4) is 0 Å². The number of thiophene rings is 1. The fourth-order valence-corrected chi connectivity index (χ4v) is 1.97. The van der Waals surface area contributed by atoms with Gasteiger partial charge in [0, 0.05) is 18.3 Å². The van der Waals surface area contributed by atoms with Crippen LogP contribution in [0.2, 0.25) is 0 Å². The van der Waals surface area contributed by atoms with Crippen molar-refractivity contribution in [2.45, 2.75) is 13.3 Å². The molecule has 0 unspecified atom stereocenters. The first kappa shape index (κ1) is 9.27. The number of anilines is 1. The van der Waals surface area contributed by atoms with E-state index in [1.54, 1.807) is 18.4 Å². The number of rotatable bonds is 3. The highest BCUT2D eigenvalue weighted by Crippen LogP contribution is 2.20. The van der Waals surface area contributed by atoms with E-state index in [0.29, 0.717) is 6.01 Å². The Balaban J connectivity index is 2.20. The Morgan fingerprint density at radius 3 is 3.00 bits per heavy atom. The maximum Gasteiger partial charge on any atom is 0.294 e. The SMILES string of the molecule is CNc1nc(C)c(Cc2cccs2)o1. The second-order valence-corrected chi connectivity index (χ2v) is 4.07. The molecule has 4 heteroatoms. The molecule has 0 bridgehead atoms. The summed E-state index contributed by atoms with van der Waals surface area (Å²) in [6, 6.07) is 4.74. The molecule has 0 saturated carbocycles. The van der Waals surface area contributed by atoms with Crippen LogP contribution >= 0.6 is 11.3 Å². The molecule has 0 saturated heterocycles. The van der Waals surface area contributed by atoms with Gasteiger partial charge in [-0.1, -0.05) is 6.07 Å². The first-order valence-electron chi connectivity index (χ1n) is 4.46. The van der Waals surface area contributed by atoms with E-state index in [4.69, 9.17) is 4.42 Å². The summed E-state index contributed by atoms with van der Waals surface area (Å²) in [4.78, 5) is 5.53.